The first-order chi connectivity index (χ1) is 17.0. The molecular formula is C28H13ClN2O4. The molecule has 7 rings (SSSR count). The maximum Gasteiger partial charge on any atom is 0.196 e. The summed E-state index contributed by atoms with van der Waals surface area (Å²) >= 11 is 6.53. The van der Waals surface area contributed by atoms with Crippen LogP contribution in [0.3, 0.4) is 0 Å². The van der Waals surface area contributed by atoms with Crippen LogP contribution >= 0.6 is 11.6 Å². The maximum atomic E-state index is 13.5. The van der Waals surface area contributed by atoms with Crippen molar-refractivity contribution in [2.75, 3.05) is 0 Å². The highest BCUT2D eigenvalue weighted by atomic mass is 35.5. The minimum Gasteiger partial charge on any atom is -0.351 e. The molecule has 0 aliphatic carbocycles. The lowest BCUT2D eigenvalue weighted by molar-refractivity contribution is 1.41. The van der Waals surface area contributed by atoms with E-state index in [0.717, 1.165) is 0 Å². The molecule has 0 saturated heterocycles. The molecule has 0 unspecified atom stereocenters. The van der Waals surface area contributed by atoms with E-state index in [1.807, 2.05) is 0 Å². The summed E-state index contributed by atoms with van der Waals surface area (Å²) in [7, 11) is 0. The Bertz CT molecular complexity index is 2320. The molecule has 7 aromatic rings. The summed E-state index contributed by atoms with van der Waals surface area (Å²) in [5.74, 6) is 0. The van der Waals surface area contributed by atoms with Gasteiger partial charge in [-0.1, -0.05) is 60.1 Å². The Morgan fingerprint density at radius 1 is 0.486 bits per heavy atom. The number of aromatic nitrogens is 2. The minimum absolute atomic E-state index is 0.127. The summed E-state index contributed by atoms with van der Waals surface area (Å²) in [4.78, 5) is 59.7. The average Bonchev–Trinajstić information content (AvgIpc) is 2.88. The molecule has 0 radical (unpaired) electrons. The summed E-state index contributed by atoms with van der Waals surface area (Å²) in [6.07, 6.45) is 0. The van der Waals surface area contributed by atoms with Crippen molar-refractivity contribution in [2.45, 2.75) is 0 Å². The van der Waals surface area contributed by atoms with E-state index in [1.54, 1.807) is 66.7 Å². The molecule has 0 aliphatic heterocycles. The second-order valence-corrected chi connectivity index (χ2v) is 9.01. The zero-order valence-electron chi connectivity index (χ0n) is 17.9. The Kier molecular flexibility index (Phi) is 3.83. The van der Waals surface area contributed by atoms with E-state index in [4.69, 9.17) is 11.6 Å². The molecule has 7 heteroatoms. The van der Waals surface area contributed by atoms with Crippen LogP contribution in [0.25, 0.3) is 65.2 Å². The van der Waals surface area contributed by atoms with E-state index in [-0.39, 0.29) is 42.9 Å². The van der Waals surface area contributed by atoms with Crippen molar-refractivity contribution in [1.82, 2.24) is 9.97 Å². The van der Waals surface area contributed by atoms with Crippen molar-refractivity contribution in [3.05, 3.63) is 113 Å². The zero-order valence-corrected chi connectivity index (χ0v) is 18.6. The first-order valence-corrected chi connectivity index (χ1v) is 11.3. The fraction of sp³-hybridized carbons (Fsp3) is 0. The van der Waals surface area contributed by atoms with Gasteiger partial charge in [0.15, 0.2) is 21.7 Å². The molecule has 0 fully saturated rings. The van der Waals surface area contributed by atoms with Gasteiger partial charge in [0.05, 0.1) is 43.2 Å². The molecule has 1 heterocycles. The van der Waals surface area contributed by atoms with E-state index in [2.05, 4.69) is 9.97 Å². The average molecular weight is 477 g/mol. The van der Waals surface area contributed by atoms with Crippen molar-refractivity contribution >= 4 is 76.8 Å². The van der Waals surface area contributed by atoms with Crippen LogP contribution in [0.2, 0.25) is 5.02 Å². The Morgan fingerprint density at radius 3 is 1.60 bits per heavy atom. The van der Waals surface area contributed by atoms with Crippen molar-refractivity contribution in [2.24, 2.45) is 0 Å². The highest BCUT2D eigenvalue weighted by Gasteiger charge is 2.19. The van der Waals surface area contributed by atoms with Gasteiger partial charge in [-0.3, -0.25) is 19.2 Å². The number of halogens is 1. The fourth-order valence-electron chi connectivity index (χ4n) is 5.17. The Hall–Kier alpha value is -4.55. The molecule has 0 saturated carbocycles. The van der Waals surface area contributed by atoms with Crippen molar-refractivity contribution in [1.29, 1.82) is 0 Å². The van der Waals surface area contributed by atoms with Gasteiger partial charge < -0.3 is 9.97 Å². The summed E-state index contributed by atoms with van der Waals surface area (Å²) in [5, 5.41) is 2.34. The first-order valence-electron chi connectivity index (χ1n) is 10.9. The van der Waals surface area contributed by atoms with E-state index in [1.165, 1.54) is 0 Å². The third kappa shape index (κ3) is 2.49. The molecule has 6 nitrogen and oxygen atoms in total. The van der Waals surface area contributed by atoms with E-state index >= 15 is 0 Å². The van der Waals surface area contributed by atoms with Crippen LogP contribution in [0.4, 0.5) is 0 Å². The van der Waals surface area contributed by atoms with Gasteiger partial charge in [0, 0.05) is 26.9 Å². The molecule has 0 atom stereocenters. The summed E-state index contributed by atoms with van der Waals surface area (Å²) in [6.45, 7) is 0. The number of hydrogen-bond donors (Lipinski definition) is 2. The third-order valence-corrected chi connectivity index (χ3v) is 7.06. The molecule has 0 bridgehead atoms. The van der Waals surface area contributed by atoms with Crippen LogP contribution in [-0.2, 0) is 0 Å². The Labute approximate surface area is 199 Å². The quantitative estimate of drug-likeness (QED) is 0.243. The Morgan fingerprint density at radius 2 is 0.971 bits per heavy atom. The molecule has 0 amide bonds. The lowest BCUT2D eigenvalue weighted by Gasteiger charge is -2.11. The number of H-pyrrole nitrogens is 2. The van der Waals surface area contributed by atoms with Crippen LogP contribution in [0.5, 0.6) is 0 Å². The molecule has 0 aliphatic rings. The number of hydrogen-bond acceptors (Lipinski definition) is 4. The van der Waals surface area contributed by atoms with Gasteiger partial charge >= 0.3 is 0 Å². The fourth-order valence-corrected chi connectivity index (χ4v) is 5.46. The predicted octanol–water partition coefficient (Wildman–Crippen LogP) is 4.79. The highest BCUT2D eigenvalue weighted by Crippen LogP contribution is 2.30. The van der Waals surface area contributed by atoms with Crippen molar-refractivity contribution < 1.29 is 0 Å². The highest BCUT2D eigenvalue weighted by molar-refractivity contribution is 6.37. The van der Waals surface area contributed by atoms with Crippen molar-refractivity contribution in [3.8, 4) is 0 Å². The smallest absolute Gasteiger partial charge is 0.196 e. The van der Waals surface area contributed by atoms with Gasteiger partial charge in [-0.2, -0.15) is 0 Å². The largest absolute Gasteiger partial charge is 0.351 e. The molecule has 166 valence electrons. The monoisotopic (exact) mass is 476 g/mol. The number of rotatable bonds is 0. The van der Waals surface area contributed by atoms with E-state index in [9.17, 15) is 19.2 Å². The molecular weight excluding hydrogens is 464 g/mol. The normalized spacial score (nSPS) is 12.0. The lowest BCUT2D eigenvalue weighted by atomic mass is 9.99. The van der Waals surface area contributed by atoms with E-state index in [0.29, 0.717) is 49.0 Å². The second-order valence-electron chi connectivity index (χ2n) is 8.60. The molecule has 1 aromatic heterocycles. The minimum atomic E-state index is -0.321. The van der Waals surface area contributed by atoms with Crippen LogP contribution < -0.4 is 21.7 Å². The van der Waals surface area contributed by atoms with Gasteiger partial charge in [0.2, 0.25) is 0 Å². The van der Waals surface area contributed by atoms with Crippen molar-refractivity contribution in [3.63, 3.8) is 0 Å². The standard InChI is InChI=1S/C28H13ClN2O4/c29-17-11-19-24(22-21(17)27(34)14-7-3-4-8-15(14)28(22)35)30-18-10-9-16-20(23(18)31-19)26(33)13-6-2-1-5-12(13)25(16)32/h1-11,30-31H. The maximum absolute atomic E-state index is 13.5. The molecule has 2 N–H and O–H groups in total. The third-order valence-electron chi connectivity index (χ3n) is 6.76. The van der Waals surface area contributed by atoms with Gasteiger partial charge in [-0.05, 0) is 18.2 Å². The summed E-state index contributed by atoms with van der Waals surface area (Å²) < 4.78 is 0. The summed E-state index contributed by atoms with van der Waals surface area (Å²) in [6, 6.07) is 18.2. The number of nitrogens with one attached hydrogen (secondary N) is 2. The number of fused-ring (bicyclic) bond motifs is 8. The molecule has 0 spiro atoms. The van der Waals surface area contributed by atoms with Gasteiger partial charge in [-0.15, -0.1) is 0 Å². The van der Waals surface area contributed by atoms with Gasteiger partial charge in [0.1, 0.15) is 0 Å². The molecule has 6 aromatic carbocycles. The predicted molar refractivity (Wildman–Crippen MR) is 141 cm³/mol. The second kappa shape index (κ2) is 6.74. The lowest BCUT2D eigenvalue weighted by Crippen LogP contribution is -2.15. The number of benzene rings is 6. The molecule has 35 heavy (non-hydrogen) atoms. The van der Waals surface area contributed by atoms with Crippen LogP contribution in [-0.4, -0.2) is 9.97 Å². The van der Waals surface area contributed by atoms with Crippen LogP contribution in [0, 0.1) is 0 Å². The Balaban J connectivity index is 1.75. The van der Waals surface area contributed by atoms with Gasteiger partial charge in [0.25, 0.3) is 0 Å². The summed E-state index contributed by atoms with van der Waals surface area (Å²) in [5.41, 5.74) is 0.645. The zero-order chi connectivity index (χ0) is 24.0. The topological polar surface area (TPSA) is 99.9 Å². The van der Waals surface area contributed by atoms with Crippen LogP contribution in [0.1, 0.15) is 0 Å². The number of aromatic amines is 2. The van der Waals surface area contributed by atoms with Gasteiger partial charge in [-0.25, -0.2) is 0 Å². The SMILES string of the molecule is O=c1c2ccccc2c(=O)c2c1ccc1[nH]c3c(cc(Cl)c4c(=O)c5ccccc5c(=O)c43)[nH]c12. The first kappa shape index (κ1) is 19.9. The van der Waals surface area contributed by atoms with Crippen LogP contribution in [0.15, 0.2) is 85.9 Å². The van der Waals surface area contributed by atoms with E-state index < -0.39 is 0 Å².